The van der Waals surface area contributed by atoms with Crippen molar-refractivity contribution in [2.45, 2.75) is 0 Å². The number of fused-ring (bicyclic) bond motifs is 12. The molecule has 0 aliphatic rings. The second-order valence-corrected chi connectivity index (χ2v) is 16.4. The molecule has 0 aliphatic carbocycles. The first-order chi connectivity index (χ1) is 28.8. The SMILES string of the molecule is c1ccc(-n2c3ccc(-c4ccc5c(c4)c4cc6c7ccccc7n(-c7ccccc7)c6cc4n5-c4ccccc4)cc3c3cc4c(cc32)sc2ccccc24)cc1. The Morgan fingerprint density at radius 2 is 0.655 bits per heavy atom. The lowest BCUT2D eigenvalue weighted by atomic mass is 10.00. The highest BCUT2D eigenvalue weighted by atomic mass is 32.1. The molecule has 13 aromatic rings. The number of aromatic nitrogens is 3. The van der Waals surface area contributed by atoms with Crippen molar-refractivity contribution in [1.82, 2.24) is 13.7 Å². The number of benzene rings is 9. The van der Waals surface area contributed by atoms with Crippen molar-refractivity contribution in [2.75, 3.05) is 0 Å². The fourth-order valence-electron chi connectivity index (χ4n) is 9.64. The van der Waals surface area contributed by atoms with Gasteiger partial charge in [-0.05, 0) is 108 Å². The van der Waals surface area contributed by atoms with Crippen molar-refractivity contribution in [3.8, 4) is 28.2 Å². The van der Waals surface area contributed by atoms with E-state index in [0.29, 0.717) is 0 Å². The second-order valence-electron chi connectivity index (χ2n) is 15.3. The second kappa shape index (κ2) is 12.1. The van der Waals surface area contributed by atoms with Gasteiger partial charge in [0.15, 0.2) is 0 Å². The topological polar surface area (TPSA) is 14.8 Å². The minimum atomic E-state index is 1.15. The number of nitrogens with zero attached hydrogens (tertiary/aromatic N) is 3. The Kier molecular flexibility index (Phi) is 6.60. The van der Waals surface area contributed by atoms with Crippen molar-refractivity contribution in [2.24, 2.45) is 0 Å². The van der Waals surface area contributed by atoms with Crippen LogP contribution >= 0.6 is 11.3 Å². The maximum absolute atomic E-state index is 2.44. The van der Waals surface area contributed by atoms with Crippen LogP contribution in [0.4, 0.5) is 0 Å². The summed E-state index contributed by atoms with van der Waals surface area (Å²) in [6, 6.07) is 73.7. The Morgan fingerprint density at radius 1 is 0.241 bits per heavy atom. The van der Waals surface area contributed by atoms with E-state index in [2.05, 4.69) is 214 Å². The van der Waals surface area contributed by atoms with Gasteiger partial charge >= 0.3 is 0 Å². The minimum Gasteiger partial charge on any atom is -0.309 e. The molecule has 0 amide bonds. The molecule has 4 heteroatoms. The van der Waals surface area contributed by atoms with Crippen LogP contribution in [0.3, 0.4) is 0 Å². The summed E-state index contributed by atoms with van der Waals surface area (Å²) in [4.78, 5) is 0. The van der Waals surface area contributed by atoms with Gasteiger partial charge in [-0.25, -0.2) is 0 Å². The molecule has 0 radical (unpaired) electrons. The molecule has 0 atom stereocenters. The molecule has 58 heavy (non-hydrogen) atoms. The molecule has 0 N–H and O–H groups in total. The monoisotopic (exact) mass is 755 g/mol. The van der Waals surface area contributed by atoms with Crippen molar-refractivity contribution < 1.29 is 0 Å². The van der Waals surface area contributed by atoms with Crippen LogP contribution in [0.25, 0.3) is 114 Å². The standard InChI is InChI=1S/C54H33N3S/c1-4-14-36(15-5-1)55-47-22-12-10-20-39(47)43-30-44-41-28-34(24-26-48(41)56(51(44)32-50(43)55)37-16-6-2-7-17-37)35-25-27-49-42(29-35)45-31-46-40-21-11-13-23-53(40)58-54(46)33-52(45)57(49)38-18-8-3-9-19-38/h1-33H. The molecule has 0 unspecified atom stereocenters. The molecule has 0 fully saturated rings. The van der Waals surface area contributed by atoms with E-state index in [1.54, 1.807) is 0 Å². The minimum absolute atomic E-state index is 1.15. The zero-order chi connectivity index (χ0) is 37.9. The maximum Gasteiger partial charge on any atom is 0.0562 e. The molecule has 9 aromatic carbocycles. The number of hydrogen-bond donors (Lipinski definition) is 0. The van der Waals surface area contributed by atoms with E-state index in [9.17, 15) is 0 Å². The van der Waals surface area contributed by atoms with Gasteiger partial charge in [0.2, 0.25) is 0 Å². The third kappa shape index (κ3) is 4.49. The molecular weight excluding hydrogens is 723 g/mol. The van der Waals surface area contributed by atoms with Gasteiger partial charge in [0.05, 0.1) is 33.1 Å². The van der Waals surface area contributed by atoms with Gasteiger partial charge in [-0.3, -0.25) is 0 Å². The van der Waals surface area contributed by atoms with Gasteiger partial charge in [0, 0.05) is 69.6 Å². The van der Waals surface area contributed by atoms with Gasteiger partial charge < -0.3 is 13.7 Å². The lowest BCUT2D eigenvalue weighted by Gasteiger charge is -2.10. The highest BCUT2D eigenvalue weighted by molar-refractivity contribution is 7.25. The molecule has 270 valence electrons. The summed E-state index contributed by atoms with van der Waals surface area (Å²) < 4.78 is 9.93. The largest absolute Gasteiger partial charge is 0.309 e. The Balaban J connectivity index is 1.08. The number of thiophene rings is 1. The van der Waals surface area contributed by atoms with Crippen LogP contribution in [-0.4, -0.2) is 13.7 Å². The fourth-order valence-corrected chi connectivity index (χ4v) is 10.8. The molecule has 13 rings (SSSR count). The van der Waals surface area contributed by atoms with Crippen molar-refractivity contribution >= 4 is 96.9 Å². The smallest absolute Gasteiger partial charge is 0.0562 e. The summed E-state index contributed by atoms with van der Waals surface area (Å²) in [5.41, 5.74) is 13.1. The molecule has 0 spiro atoms. The van der Waals surface area contributed by atoms with Gasteiger partial charge in [-0.2, -0.15) is 0 Å². The summed E-state index contributed by atoms with van der Waals surface area (Å²) in [6.45, 7) is 0. The van der Waals surface area contributed by atoms with Crippen LogP contribution in [0.5, 0.6) is 0 Å². The summed E-state index contributed by atoms with van der Waals surface area (Å²) in [5, 5.41) is 10.2. The fraction of sp³-hybridized carbons (Fsp3) is 0. The molecule has 0 saturated heterocycles. The average Bonchev–Trinajstić information content (AvgIpc) is 4.01. The molecule has 4 heterocycles. The first kappa shape index (κ1) is 31.8. The third-order valence-corrected chi connectivity index (χ3v) is 13.3. The third-order valence-electron chi connectivity index (χ3n) is 12.2. The van der Waals surface area contributed by atoms with E-state index >= 15 is 0 Å². The van der Waals surface area contributed by atoms with E-state index in [1.807, 2.05) is 11.3 Å². The molecule has 4 aromatic heterocycles. The first-order valence-corrected chi connectivity index (χ1v) is 20.7. The Labute approximate surface area is 337 Å². The molecule has 0 bridgehead atoms. The zero-order valence-electron chi connectivity index (χ0n) is 31.3. The normalized spacial score (nSPS) is 12.1. The quantitative estimate of drug-likeness (QED) is 0.170. The number of rotatable bonds is 4. The predicted octanol–water partition coefficient (Wildman–Crippen LogP) is 15.0. The van der Waals surface area contributed by atoms with Gasteiger partial charge in [0.1, 0.15) is 0 Å². The van der Waals surface area contributed by atoms with Crippen LogP contribution < -0.4 is 0 Å². The summed E-state index contributed by atoms with van der Waals surface area (Å²) >= 11 is 1.88. The Bertz CT molecular complexity index is 3770. The summed E-state index contributed by atoms with van der Waals surface area (Å²) in [7, 11) is 0. The van der Waals surface area contributed by atoms with E-state index < -0.39 is 0 Å². The maximum atomic E-state index is 2.44. The van der Waals surface area contributed by atoms with E-state index in [4.69, 9.17) is 0 Å². The number of hydrogen-bond acceptors (Lipinski definition) is 1. The van der Waals surface area contributed by atoms with E-state index in [0.717, 1.165) is 11.4 Å². The highest BCUT2D eigenvalue weighted by Gasteiger charge is 2.20. The molecular formula is C54H33N3S. The number of para-hydroxylation sites is 4. The van der Waals surface area contributed by atoms with Crippen molar-refractivity contribution in [3.63, 3.8) is 0 Å². The zero-order valence-corrected chi connectivity index (χ0v) is 32.1. The Morgan fingerprint density at radius 3 is 1.22 bits per heavy atom. The van der Waals surface area contributed by atoms with E-state index in [1.165, 1.54) is 102 Å². The average molecular weight is 756 g/mol. The van der Waals surface area contributed by atoms with Crippen LogP contribution in [0.1, 0.15) is 0 Å². The van der Waals surface area contributed by atoms with Crippen LogP contribution in [-0.2, 0) is 0 Å². The molecule has 0 aliphatic heterocycles. The van der Waals surface area contributed by atoms with Crippen LogP contribution in [0, 0.1) is 0 Å². The lowest BCUT2D eigenvalue weighted by molar-refractivity contribution is 1.16. The summed E-state index contributed by atoms with van der Waals surface area (Å²) in [6.07, 6.45) is 0. The molecule has 3 nitrogen and oxygen atoms in total. The first-order valence-electron chi connectivity index (χ1n) is 19.8. The van der Waals surface area contributed by atoms with Crippen molar-refractivity contribution in [3.05, 3.63) is 200 Å². The molecule has 0 saturated carbocycles. The predicted molar refractivity (Wildman–Crippen MR) is 248 cm³/mol. The van der Waals surface area contributed by atoms with Gasteiger partial charge in [-0.1, -0.05) is 103 Å². The summed E-state index contributed by atoms with van der Waals surface area (Å²) in [5.74, 6) is 0. The van der Waals surface area contributed by atoms with Gasteiger partial charge in [0.25, 0.3) is 0 Å². The highest BCUT2D eigenvalue weighted by Crippen LogP contribution is 2.44. The van der Waals surface area contributed by atoms with Gasteiger partial charge in [-0.15, -0.1) is 11.3 Å². The lowest BCUT2D eigenvalue weighted by Crippen LogP contribution is -1.95. The van der Waals surface area contributed by atoms with Crippen LogP contribution in [0.15, 0.2) is 200 Å². The van der Waals surface area contributed by atoms with Crippen molar-refractivity contribution in [1.29, 1.82) is 0 Å². The van der Waals surface area contributed by atoms with Crippen LogP contribution in [0.2, 0.25) is 0 Å². The Hall–Kier alpha value is -7.40. The van der Waals surface area contributed by atoms with E-state index in [-0.39, 0.29) is 0 Å².